The Morgan fingerprint density at radius 2 is 2.06 bits per heavy atom. The van der Waals surface area contributed by atoms with Crippen LogP contribution in [0.1, 0.15) is 32.8 Å². The van der Waals surface area contributed by atoms with E-state index >= 15 is 0 Å². The number of halogens is 2. The fourth-order valence-corrected chi connectivity index (χ4v) is 2.29. The van der Waals surface area contributed by atoms with Crippen LogP contribution in [0.25, 0.3) is 0 Å². The van der Waals surface area contributed by atoms with Gasteiger partial charge >= 0.3 is 0 Å². The third-order valence-electron chi connectivity index (χ3n) is 3.01. The van der Waals surface area contributed by atoms with E-state index < -0.39 is 0 Å². The smallest absolute Gasteiger partial charge is 0.127 e. The molecule has 1 aromatic carbocycles. The second-order valence-electron chi connectivity index (χ2n) is 5.55. The Morgan fingerprint density at radius 1 is 1.39 bits per heavy atom. The average molecular weight is 318 g/mol. The van der Waals surface area contributed by atoms with Crippen molar-refractivity contribution in [2.24, 2.45) is 5.41 Å². The monoisotopic (exact) mass is 317 g/mol. The lowest BCUT2D eigenvalue weighted by Gasteiger charge is -2.31. The van der Waals surface area contributed by atoms with Gasteiger partial charge in [-0.15, -0.1) is 0 Å². The van der Waals surface area contributed by atoms with Gasteiger partial charge in [-0.3, -0.25) is 0 Å². The zero-order chi connectivity index (χ0) is 13.8. The molecule has 18 heavy (non-hydrogen) atoms. The molecule has 102 valence electrons. The molecule has 0 amide bonds. The zero-order valence-corrected chi connectivity index (χ0v) is 12.7. The minimum absolute atomic E-state index is 0.0330. The van der Waals surface area contributed by atoms with Crippen LogP contribution < -0.4 is 5.32 Å². The van der Waals surface area contributed by atoms with Gasteiger partial charge in [0.05, 0.1) is 0 Å². The summed E-state index contributed by atoms with van der Waals surface area (Å²) in [5.74, 6) is -0.206. The minimum Gasteiger partial charge on any atom is -0.396 e. The molecule has 2 nitrogen and oxygen atoms in total. The Hall–Kier alpha value is -0.450. The molecule has 0 aliphatic rings. The van der Waals surface area contributed by atoms with E-state index in [4.69, 9.17) is 5.11 Å². The van der Waals surface area contributed by atoms with Crippen LogP contribution >= 0.6 is 15.9 Å². The SMILES string of the molecule is CC(C)(C)C(CCO)NCc1cc(Br)ccc1F. The van der Waals surface area contributed by atoms with Gasteiger partial charge in [0.2, 0.25) is 0 Å². The Balaban J connectivity index is 2.70. The summed E-state index contributed by atoms with van der Waals surface area (Å²) in [7, 11) is 0. The molecule has 1 atom stereocenters. The summed E-state index contributed by atoms with van der Waals surface area (Å²) in [6.45, 7) is 6.93. The Kier molecular flexibility index (Phi) is 5.76. The normalized spacial score (nSPS) is 13.7. The first kappa shape index (κ1) is 15.6. The van der Waals surface area contributed by atoms with Gasteiger partial charge in [-0.1, -0.05) is 36.7 Å². The van der Waals surface area contributed by atoms with Gasteiger partial charge in [-0.2, -0.15) is 0 Å². The molecule has 4 heteroatoms. The fourth-order valence-electron chi connectivity index (χ4n) is 1.88. The highest BCUT2D eigenvalue weighted by atomic mass is 79.9. The molecular formula is C14H21BrFNO. The van der Waals surface area contributed by atoms with Crippen LogP contribution in [-0.4, -0.2) is 17.8 Å². The van der Waals surface area contributed by atoms with Crippen LogP contribution in [-0.2, 0) is 6.54 Å². The molecule has 2 N–H and O–H groups in total. The molecule has 0 aliphatic heterocycles. The maximum atomic E-state index is 13.6. The van der Waals surface area contributed by atoms with Crippen molar-refractivity contribution in [2.75, 3.05) is 6.61 Å². The van der Waals surface area contributed by atoms with Crippen molar-refractivity contribution >= 4 is 15.9 Å². The standard InChI is InChI=1S/C14H21BrFNO/c1-14(2,3)13(6-7-18)17-9-10-8-11(15)4-5-12(10)16/h4-5,8,13,17-18H,6-7,9H2,1-3H3. The molecule has 0 fully saturated rings. The van der Waals surface area contributed by atoms with Crippen LogP contribution in [0.4, 0.5) is 4.39 Å². The number of hydrogen-bond donors (Lipinski definition) is 2. The molecule has 0 aliphatic carbocycles. The van der Waals surface area contributed by atoms with Gasteiger partial charge in [0.15, 0.2) is 0 Å². The summed E-state index contributed by atoms with van der Waals surface area (Å²) in [5.41, 5.74) is 0.669. The Bertz CT molecular complexity index is 390. The quantitative estimate of drug-likeness (QED) is 0.871. The molecule has 0 bridgehead atoms. The van der Waals surface area contributed by atoms with Gasteiger partial charge in [-0.05, 0) is 30.0 Å². The topological polar surface area (TPSA) is 32.3 Å². The summed E-state index contributed by atoms with van der Waals surface area (Å²) in [6, 6.07) is 5.08. The van der Waals surface area contributed by atoms with Crippen molar-refractivity contribution in [1.82, 2.24) is 5.32 Å². The highest BCUT2D eigenvalue weighted by molar-refractivity contribution is 9.10. The lowest BCUT2D eigenvalue weighted by Crippen LogP contribution is -2.40. The second-order valence-corrected chi connectivity index (χ2v) is 6.46. The average Bonchev–Trinajstić information content (AvgIpc) is 2.27. The predicted molar refractivity (Wildman–Crippen MR) is 75.9 cm³/mol. The second kappa shape index (κ2) is 6.64. The van der Waals surface area contributed by atoms with Crippen molar-refractivity contribution in [1.29, 1.82) is 0 Å². The van der Waals surface area contributed by atoms with Crippen molar-refractivity contribution in [3.8, 4) is 0 Å². The summed E-state index contributed by atoms with van der Waals surface area (Å²) in [6.07, 6.45) is 0.666. The Morgan fingerprint density at radius 3 is 2.61 bits per heavy atom. The number of hydrogen-bond acceptors (Lipinski definition) is 2. The van der Waals surface area contributed by atoms with Crippen molar-refractivity contribution in [3.05, 3.63) is 34.1 Å². The van der Waals surface area contributed by atoms with E-state index in [1.165, 1.54) is 6.07 Å². The molecule has 1 unspecified atom stereocenters. The lowest BCUT2D eigenvalue weighted by atomic mass is 9.85. The van der Waals surface area contributed by atoms with Crippen molar-refractivity contribution in [2.45, 2.75) is 39.8 Å². The van der Waals surface area contributed by atoms with Crippen molar-refractivity contribution in [3.63, 3.8) is 0 Å². The summed E-state index contributed by atoms with van der Waals surface area (Å²) < 4.78 is 14.5. The maximum absolute atomic E-state index is 13.6. The third-order valence-corrected chi connectivity index (χ3v) is 3.50. The van der Waals surface area contributed by atoms with Gasteiger partial charge in [0.1, 0.15) is 5.82 Å². The summed E-state index contributed by atoms with van der Waals surface area (Å²) in [5, 5.41) is 12.4. The van der Waals surface area contributed by atoms with E-state index in [1.807, 2.05) is 0 Å². The van der Waals surface area contributed by atoms with Crippen LogP contribution in [0.3, 0.4) is 0 Å². The number of aliphatic hydroxyl groups excluding tert-OH is 1. The molecule has 0 radical (unpaired) electrons. The molecular weight excluding hydrogens is 297 g/mol. The van der Waals surface area contributed by atoms with Gasteiger partial charge in [0, 0.05) is 29.2 Å². The maximum Gasteiger partial charge on any atom is 0.127 e. The first-order chi connectivity index (χ1) is 8.34. The van der Waals surface area contributed by atoms with E-state index in [-0.39, 0.29) is 23.9 Å². The van der Waals surface area contributed by atoms with Crippen LogP contribution in [0, 0.1) is 11.2 Å². The van der Waals surface area contributed by atoms with Crippen LogP contribution in [0.15, 0.2) is 22.7 Å². The molecule has 0 saturated heterocycles. The predicted octanol–water partition coefficient (Wildman–Crippen LogP) is 3.47. The largest absolute Gasteiger partial charge is 0.396 e. The number of benzene rings is 1. The highest BCUT2D eigenvalue weighted by Gasteiger charge is 2.23. The number of rotatable bonds is 5. The molecule has 0 spiro atoms. The van der Waals surface area contributed by atoms with Gasteiger partial charge < -0.3 is 10.4 Å². The molecule has 1 aromatic rings. The van der Waals surface area contributed by atoms with Crippen LogP contribution in [0.2, 0.25) is 0 Å². The zero-order valence-electron chi connectivity index (χ0n) is 11.1. The Labute approximate surface area is 117 Å². The van der Waals surface area contributed by atoms with Crippen molar-refractivity contribution < 1.29 is 9.50 Å². The summed E-state index contributed by atoms with van der Waals surface area (Å²) in [4.78, 5) is 0. The molecule has 0 heterocycles. The first-order valence-corrected chi connectivity index (χ1v) is 6.92. The lowest BCUT2D eigenvalue weighted by molar-refractivity contribution is 0.196. The minimum atomic E-state index is -0.206. The van der Waals surface area contributed by atoms with E-state index in [1.54, 1.807) is 12.1 Å². The number of aliphatic hydroxyl groups is 1. The van der Waals surface area contributed by atoms with E-state index in [0.717, 1.165) is 4.47 Å². The van der Waals surface area contributed by atoms with E-state index in [9.17, 15) is 4.39 Å². The van der Waals surface area contributed by atoms with E-state index in [2.05, 4.69) is 42.0 Å². The van der Waals surface area contributed by atoms with Crippen LogP contribution in [0.5, 0.6) is 0 Å². The third kappa shape index (κ3) is 4.67. The molecule has 1 rings (SSSR count). The summed E-state index contributed by atoms with van der Waals surface area (Å²) >= 11 is 3.34. The highest BCUT2D eigenvalue weighted by Crippen LogP contribution is 2.23. The molecule has 0 saturated carbocycles. The van der Waals surface area contributed by atoms with Gasteiger partial charge in [-0.25, -0.2) is 4.39 Å². The number of nitrogens with one attached hydrogen (secondary N) is 1. The fraction of sp³-hybridized carbons (Fsp3) is 0.571. The van der Waals surface area contributed by atoms with E-state index in [0.29, 0.717) is 18.5 Å². The van der Waals surface area contributed by atoms with Gasteiger partial charge in [0.25, 0.3) is 0 Å². The molecule has 0 aromatic heterocycles. The first-order valence-electron chi connectivity index (χ1n) is 6.12.